The molecule has 64 heavy (non-hydrogen) atoms. The van der Waals surface area contributed by atoms with E-state index in [9.17, 15) is 9.59 Å². The van der Waals surface area contributed by atoms with Gasteiger partial charge in [-0.05, 0) is 128 Å². The van der Waals surface area contributed by atoms with E-state index in [1.807, 2.05) is 0 Å². The minimum Gasteiger partial charge on any atom is -0.462 e. The van der Waals surface area contributed by atoms with E-state index in [0.29, 0.717) is 19.4 Å². The van der Waals surface area contributed by atoms with Crippen molar-refractivity contribution in [3.05, 3.63) is 146 Å². The largest absolute Gasteiger partial charge is 0.462 e. The Hall–Kier alpha value is -4.22. The number of hydrogen-bond donors (Lipinski definition) is 0. The number of allylic oxidation sites excluding steroid dienone is 24. The zero-order valence-corrected chi connectivity index (χ0v) is 41.0. The fourth-order valence-electron chi connectivity index (χ4n) is 6.20. The Kier molecular flexibility index (Phi) is 49.6. The van der Waals surface area contributed by atoms with E-state index in [4.69, 9.17) is 14.2 Å². The van der Waals surface area contributed by atoms with Gasteiger partial charge < -0.3 is 14.2 Å². The van der Waals surface area contributed by atoms with Crippen LogP contribution in [0.3, 0.4) is 0 Å². The molecule has 0 radical (unpaired) electrons. The summed E-state index contributed by atoms with van der Waals surface area (Å²) in [7, 11) is 0. The fourth-order valence-corrected chi connectivity index (χ4v) is 6.20. The molecule has 0 bridgehead atoms. The van der Waals surface area contributed by atoms with E-state index >= 15 is 0 Å². The first kappa shape index (κ1) is 59.8. The first-order valence-corrected chi connectivity index (χ1v) is 25.4. The molecule has 0 N–H and O–H groups in total. The maximum atomic E-state index is 12.8. The molecular weight excluding hydrogens is 789 g/mol. The van der Waals surface area contributed by atoms with E-state index in [-0.39, 0.29) is 25.2 Å². The van der Waals surface area contributed by atoms with E-state index < -0.39 is 6.10 Å². The second-order valence-corrected chi connectivity index (χ2v) is 15.9. The molecule has 1 atom stereocenters. The highest BCUT2D eigenvalue weighted by atomic mass is 16.6. The maximum Gasteiger partial charge on any atom is 0.306 e. The number of hydrogen-bond acceptors (Lipinski definition) is 5. The summed E-state index contributed by atoms with van der Waals surface area (Å²) in [4.78, 5) is 25.4. The molecule has 0 aromatic carbocycles. The van der Waals surface area contributed by atoms with Crippen molar-refractivity contribution in [3.63, 3.8) is 0 Å². The van der Waals surface area contributed by atoms with Crippen LogP contribution in [0, 0.1) is 0 Å². The fraction of sp³-hybridized carbons (Fsp3) is 0.559. The van der Waals surface area contributed by atoms with Gasteiger partial charge in [0.1, 0.15) is 6.61 Å². The molecule has 0 aromatic heterocycles. The first-order chi connectivity index (χ1) is 31.6. The number of carbonyl (C=O) groups excluding carboxylic acids is 2. The van der Waals surface area contributed by atoms with Gasteiger partial charge in [0.2, 0.25) is 0 Å². The molecule has 1 unspecified atom stereocenters. The number of ether oxygens (including phenoxy) is 3. The van der Waals surface area contributed by atoms with Crippen LogP contribution >= 0.6 is 0 Å². The van der Waals surface area contributed by atoms with Gasteiger partial charge in [-0.3, -0.25) is 9.59 Å². The molecule has 0 aromatic rings. The monoisotopic (exact) mass is 881 g/mol. The average Bonchev–Trinajstić information content (AvgIpc) is 3.30. The Morgan fingerprint density at radius 3 is 1.08 bits per heavy atom. The summed E-state index contributed by atoms with van der Waals surface area (Å²) >= 11 is 0. The number of unbranched alkanes of at least 4 members (excludes halogenated alkanes) is 9. The molecule has 0 aliphatic heterocycles. The minimum atomic E-state index is -0.603. The van der Waals surface area contributed by atoms with Crippen molar-refractivity contribution in [2.24, 2.45) is 0 Å². The second kappa shape index (κ2) is 53.1. The highest BCUT2D eigenvalue weighted by Gasteiger charge is 2.17. The average molecular weight is 881 g/mol. The minimum absolute atomic E-state index is 0.0285. The lowest BCUT2D eigenvalue weighted by Gasteiger charge is -2.18. The van der Waals surface area contributed by atoms with Crippen LogP contribution in [0.25, 0.3) is 0 Å². The first-order valence-electron chi connectivity index (χ1n) is 25.4. The molecule has 0 fully saturated rings. The predicted octanol–water partition coefficient (Wildman–Crippen LogP) is 17.3. The Morgan fingerprint density at radius 1 is 0.344 bits per heavy atom. The summed E-state index contributed by atoms with van der Waals surface area (Å²) in [6.45, 7) is 7.26. The van der Waals surface area contributed by atoms with Crippen molar-refractivity contribution in [3.8, 4) is 0 Å². The molecule has 0 amide bonds. The van der Waals surface area contributed by atoms with Crippen LogP contribution in [-0.2, 0) is 23.8 Å². The lowest BCUT2D eigenvalue weighted by atomic mass is 10.1. The van der Waals surface area contributed by atoms with Gasteiger partial charge in [-0.2, -0.15) is 0 Å². The van der Waals surface area contributed by atoms with Gasteiger partial charge >= 0.3 is 11.9 Å². The third kappa shape index (κ3) is 50.4. The summed E-state index contributed by atoms with van der Waals surface area (Å²) in [5, 5.41) is 0. The van der Waals surface area contributed by atoms with Gasteiger partial charge in [0.15, 0.2) is 6.10 Å². The van der Waals surface area contributed by atoms with Crippen LogP contribution in [0.1, 0.15) is 188 Å². The van der Waals surface area contributed by atoms with E-state index in [0.717, 1.165) is 135 Å². The Morgan fingerprint density at radius 2 is 0.656 bits per heavy atom. The molecule has 0 rings (SSSR count). The quantitative estimate of drug-likeness (QED) is 0.0347. The third-order valence-corrected chi connectivity index (χ3v) is 9.85. The molecule has 358 valence electrons. The van der Waals surface area contributed by atoms with Crippen molar-refractivity contribution in [1.82, 2.24) is 0 Å². The number of esters is 2. The molecule has 0 spiro atoms. The summed E-state index contributed by atoms with van der Waals surface area (Å²) in [5.41, 5.74) is 0. The lowest BCUT2D eigenvalue weighted by molar-refractivity contribution is -0.163. The number of rotatable bonds is 44. The van der Waals surface area contributed by atoms with Gasteiger partial charge in [0, 0.05) is 19.4 Å². The Bertz CT molecular complexity index is 1410. The summed E-state index contributed by atoms with van der Waals surface area (Å²) in [5.74, 6) is -0.505. The zero-order valence-electron chi connectivity index (χ0n) is 41.0. The molecule has 0 saturated heterocycles. The molecular formula is C59H92O5. The third-order valence-electron chi connectivity index (χ3n) is 9.85. The van der Waals surface area contributed by atoms with Crippen molar-refractivity contribution in [2.75, 3.05) is 19.8 Å². The summed E-state index contributed by atoms with van der Waals surface area (Å²) in [6.07, 6.45) is 77.2. The maximum absolute atomic E-state index is 12.8. The molecule has 5 nitrogen and oxygen atoms in total. The highest BCUT2D eigenvalue weighted by Crippen LogP contribution is 2.11. The van der Waals surface area contributed by atoms with Gasteiger partial charge in [0.25, 0.3) is 0 Å². The second-order valence-electron chi connectivity index (χ2n) is 15.9. The van der Waals surface area contributed by atoms with Crippen LogP contribution in [0.2, 0.25) is 0 Å². The van der Waals surface area contributed by atoms with Crippen LogP contribution in [0.4, 0.5) is 0 Å². The van der Waals surface area contributed by atoms with Crippen LogP contribution in [-0.4, -0.2) is 37.9 Å². The SMILES string of the molecule is CC/C=C\C/C=C\C/C=C\C/C=C\CCCCCCCCC(=O)OCC(COCCC/C=C\C/C=C\C/C=C\C/C=C\CC)OC(=O)CCCC/C=C\C/C=C\C/C=C\C/C=C\CC. The van der Waals surface area contributed by atoms with Crippen molar-refractivity contribution in [1.29, 1.82) is 0 Å². The molecule has 0 aliphatic rings. The summed E-state index contributed by atoms with van der Waals surface area (Å²) < 4.78 is 17.3. The van der Waals surface area contributed by atoms with E-state index in [2.05, 4.69) is 167 Å². The van der Waals surface area contributed by atoms with Gasteiger partial charge in [0.05, 0.1) is 6.61 Å². The molecule has 5 heteroatoms. The topological polar surface area (TPSA) is 61.8 Å². The lowest BCUT2D eigenvalue weighted by Crippen LogP contribution is -2.30. The highest BCUT2D eigenvalue weighted by molar-refractivity contribution is 5.70. The van der Waals surface area contributed by atoms with Crippen LogP contribution in [0.5, 0.6) is 0 Å². The summed E-state index contributed by atoms with van der Waals surface area (Å²) in [6, 6.07) is 0. The molecule has 0 saturated carbocycles. The standard InChI is InChI=1S/C59H92O5/c1-4-7-10-13-16-19-22-25-28-29-30-31-33-34-37-40-43-46-49-52-58(60)63-56-57(55-62-54-51-48-45-42-39-36-27-24-21-18-15-12-9-6-3)64-59(61)53-50-47-44-41-38-35-32-26-23-20-17-14-11-8-5-2/h7-12,16-21,25-28,30-32,36,38,41-42,45,57H,4-6,13-15,22-24,29,33-35,37,39-40,43-44,46-56H2,1-3H3/b10-7-,11-8-,12-9-,19-16-,20-17-,21-18-,28-25-,31-30-,32-26-,36-27-,41-38-,45-42-. The predicted molar refractivity (Wildman–Crippen MR) is 278 cm³/mol. The number of carbonyl (C=O) groups is 2. The van der Waals surface area contributed by atoms with E-state index in [1.165, 1.54) is 19.3 Å². The van der Waals surface area contributed by atoms with Crippen molar-refractivity contribution < 1.29 is 23.8 Å². The van der Waals surface area contributed by atoms with Crippen LogP contribution < -0.4 is 0 Å². The molecule has 0 aliphatic carbocycles. The Labute approximate surface area is 393 Å². The zero-order chi connectivity index (χ0) is 46.3. The van der Waals surface area contributed by atoms with E-state index in [1.54, 1.807) is 0 Å². The Balaban J connectivity index is 4.46. The smallest absolute Gasteiger partial charge is 0.306 e. The van der Waals surface area contributed by atoms with Gasteiger partial charge in [-0.1, -0.05) is 192 Å². The van der Waals surface area contributed by atoms with Gasteiger partial charge in [-0.15, -0.1) is 0 Å². The normalized spacial score (nSPS) is 13.5. The van der Waals surface area contributed by atoms with Crippen molar-refractivity contribution >= 4 is 11.9 Å². The van der Waals surface area contributed by atoms with Crippen molar-refractivity contribution in [2.45, 2.75) is 194 Å². The van der Waals surface area contributed by atoms with Gasteiger partial charge in [-0.25, -0.2) is 0 Å². The van der Waals surface area contributed by atoms with Crippen LogP contribution in [0.15, 0.2) is 146 Å². The molecule has 0 heterocycles.